The Balaban J connectivity index is 3.06. The Morgan fingerprint density at radius 3 is 2.44 bits per heavy atom. The summed E-state index contributed by atoms with van der Waals surface area (Å²) in [5, 5.41) is 7.10. The van der Waals surface area contributed by atoms with Crippen molar-refractivity contribution in [3.8, 4) is 0 Å². The van der Waals surface area contributed by atoms with Gasteiger partial charge in [-0.05, 0) is 13.3 Å². The van der Waals surface area contributed by atoms with Gasteiger partial charge in [0.25, 0.3) is 0 Å². The monoisotopic (exact) mass is 150 g/mol. The normalized spacial score (nSPS) is 11.6. The van der Waals surface area contributed by atoms with Crippen molar-refractivity contribution in [1.29, 1.82) is 5.16 Å². The van der Waals surface area contributed by atoms with Gasteiger partial charge in [0.1, 0.15) is 13.2 Å². The van der Waals surface area contributed by atoms with Gasteiger partial charge in [-0.2, -0.15) is 0 Å². The third-order valence-electron chi connectivity index (χ3n) is 0.659. The Morgan fingerprint density at radius 1 is 1.33 bits per heavy atom. The maximum Gasteiger partial charge on any atom is 0.556 e. The van der Waals surface area contributed by atoms with Crippen molar-refractivity contribution in [2.24, 2.45) is 0 Å². The molecule has 0 aliphatic rings. The number of rotatable bonds is 5. The summed E-state index contributed by atoms with van der Waals surface area (Å²) in [5.74, 6) is 0. The topological polar surface area (TPSA) is 42.3 Å². The fraction of sp³-hybridized carbons (Fsp3) is 1.00. The van der Waals surface area contributed by atoms with Gasteiger partial charge in [0, 0.05) is 0 Å². The van der Waals surface area contributed by atoms with Gasteiger partial charge in [0.05, 0.1) is 0 Å². The predicted molar refractivity (Wildman–Crippen MR) is 37.5 cm³/mol. The smallest absolute Gasteiger partial charge is 0.135 e. The molecule has 1 N–H and O–H groups in total. The summed E-state index contributed by atoms with van der Waals surface area (Å²) < 4.78 is 9.79. The fourth-order valence-corrected chi connectivity index (χ4v) is 0.986. The second-order valence-electron chi connectivity index (χ2n) is 1.51. The second-order valence-corrected chi connectivity index (χ2v) is 2.54. The molecule has 0 spiro atoms. The first-order valence-electron chi connectivity index (χ1n) is 3.08. The highest BCUT2D eigenvalue weighted by atomic mass is 31.1. The van der Waals surface area contributed by atoms with Gasteiger partial charge < -0.3 is 0 Å². The molecule has 9 heavy (non-hydrogen) atoms. The first-order chi connectivity index (χ1) is 4.31. The zero-order valence-corrected chi connectivity index (χ0v) is 6.78. The van der Waals surface area contributed by atoms with Gasteiger partial charge in [-0.15, -0.1) is 9.05 Å². The Hall–Kier alpha value is 0.0200. The molecule has 1 unspecified atom stereocenters. The van der Waals surface area contributed by atoms with E-state index in [1.807, 2.05) is 13.8 Å². The van der Waals surface area contributed by atoms with Crippen LogP contribution in [0.3, 0.4) is 0 Å². The standard InChI is InChI=1S/C5H13NO2P/c1-3-5-8-9(6)7-4-2/h6H,3-5H2,1-2H3/q+1. The van der Waals surface area contributed by atoms with E-state index in [0.717, 1.165) is 6.42 Å². The highest BCUT2D eigenvalue weighted by molar-refractivity contribution is 7.34. The predicted octanol–water partition coefficient (Wildman–Crippen LogP) is 2.52. The molecule has 4 heteroatoms. The molecule has 0 rings (SSSR count). The molecule has 0 aromatic rings. The lowest BCUT2D eigenvalue weighted by atomic mass is 10.5. The van der Waals surface area contributed by atoms with E-state index < -0.39 is 8.17 Å². The highest BCUT2D eigenvalue weighted by Crippen LogP contribution is 2.23. The van der Waals surface area contributed by atoms with E-state index in [9.17, 15) is 0 Å². The Morgan fingerprint density at radius 2 is 2.00 bits per heavy atom. The highest BCUT2D eigenvalue weighted by Gasteiger charge is 2.10. The van der Waals surface area contributed by atoms with Crippen LogP contribution in [-0.2, 0) is 9.05 Å². The van der Waals surface area contributed by atoms with Crippen LogP contribution >= 0.6 is 8.17 Å². The quantitative estimate of drug-likeness (QED) is 0.612. The molecule has 0 saturated carbocycles. The molecule has 0 aliphatic heterocycles. The number of hydrogen-bond acceptors (Lipinski definition) is 3. The van der Waals surface area contributed by atoms with Crippen LogP contribution in [0.2, 0.25) is 0 Å². The number of hydrogen-bond donors (Lipinski definition) is 1. The molecule has 0 aromatic heterocycles. The summed E-state index contributed by atoms with van der Waals surface area (Å²) in [6.45, 7) is 5.07. The van der Waals surface area contributed by atoms with E-state index in [4.69, 9.17) is 14.2 Å². The molecule has 54 valence electrons. The Labute approximate surface area is 56.8 Å². The van der Waals surface area contributed by atoms with Gasteiger partial charge in [0.15, 0.2) is 0 Å². The number of nitrogens with one attached hydrogen (secondary N) is 1. The molecule has 3 nitrogen and oxygen atoms in total. The van der Waals surface area contributed by atoms with E-state index >= 15 is 0 Å². The molecule has 0 amide bonds. The van der Waals surface area contributed by atoms with Crippen molar-refractivity contribution in [1.82, 2.24) is 0 Å². The van der Waals surface area contributed by atoms with Crippen molar-refractivity contribution in [3.05, 3.63) is 0 Å². The molecular formula is C5H13NO2P+. The molecule has 0 saturated heterocycles. The van der Waals surface area contributed by atoms with Crippen LogP contribution in [0.15, 0.2) is 0 Å². The van der Waals surface area contributed by atoms with Gasteiger partial charge >= 0.3 is 8.17 Å². The average Bonchev–Trinajstić information content (AvgIpc) is 1.85. The summed E-state index contributed by atoms with van der Waals surface area (Å²) in [4.78, 5) is 0. The van der Waals surface area contributed by atoms with Crippen LogP contribution in [0.4, 0.5) is 0 Å². The lowest BCUT2D eigenvalue weighted by Crippen LogP contribution is -1.85. The van der Waals surface area contributed by atoms with Gasteiger partial charge in [0.2, 0.25) is 0 Å². The maximum absolute atomic E-state index is 7.10. The molecule has 0 radical (unpaired) electrons. The first kappa shape index (κ1) is 9.02. The van der Waals surface area contributed by atoms with Crippen molar-refractivity contribution in [2.45, 2.75) is 20.3 Å². The summed E-state index contributed by atoms with van der Waals surface area (Å²) in [7, 11) is -1.34. The van der Waals surface area contributed by atoms with Crippen LogP contribution in [0.1, 0.15) is 20.3 Å². The summed E-state index contributed by atoms with van der Waals surface area (Å²) >= 11 is 0. The van der Waals surface area contributed by atoms with Gasteiger partial charge in [-0.3, -0.25) is 0 Å². The lowest BCUT2D eigenvalue weighted by Gasteiger charge is -1.86. The van der Waals surface area contributed by atoms with E-state index in [0.29, 0.717) is 13.2 Å². The van der Waals surface area contributed by atoms with E-state index in [1.54, 1.807) is 0 Å². The van der Waals surface area contributed by atoms with Crippen molar-refractivity contribution < 1.29 is 9.05 Å². The average molecular weight is 150 g/mol. The maximum atomic E-state index is 7.10. The van der Waals surface area contributed by atoms with Crippen molar-refractivity contribution in [3.63, 3.8) is 0 Å². The third-order valence-corrected chi connectivity index (χ3v) is 1.57. The third kappa shape index (κ3) is 5.90. The summed E-state index contributed by atoms with van der Waals surface area (Å²) in [6, 6.07) is 0. The van der Waals surface area contributed by atoms with Crippen LogP contribution in [0.25, 0.3) is 0 Å². The van der Waals surface area contributed by atoms with Crippen molar-refractivity contribution >= 4 is 8.17 Å². The molecule has 0 heterocycles. The largest absolute Gasteiger partial charge is 0.556 e. The Kier molecular flexibility index (Phi) is 6.16. The lowest BCUT2D eigenvalue weighted by molar-refractivity contribution is 0.265. The van der Waals surface area contributed by atoms with Crippen LogP contribution < -0.4 is 0 Å². The zero-order chi connectivity index (χ0) is 7.11. The minimum absolute atomic E-state index is 0.568. The minimum Gasteiger partial charge on any atom is -0.135 e. The van der Waals surface area contributed by atoms with Crippen LogP contribution in [0.5, 0.6) is 0 Å². The molecule has 0 aromatic carbocycles. The molecule has 0 bridgehead atoms. The van der Waals surface area contributed by atoms with E-state index in [2.05, 4.69) is 0 Å². The fourth-order valence-electron chi connectivity index (χ4n) is 0.329. The van der Waals surface area contributed by atoms with Gasteiger partial charge in [-0.25, -0.2) is 0 Å². The molecule has 1 atom stereocenters. The Bertz CT molecular complexity index is 87.0. The molecule has 0 fully saturated rings. The van der Waals surface area contributed by atoms with E-state index in [1.165, 1.54) is 0 Å². The molecule has 0 aliphatic carbocycles. The second kappa shape index (κ2) is 6.14. The molecular weight excluding hydrogens is 137 g/mol. The first-order valence-corrected chi connectivity index (χ1v) is 4.26. The minimum atomic E-state index is -1.34. The van der Waals surface area contributed by atoms with Crippen LogP contribution in [0, 0.1) is 5.16 Å². The zero-order valence-electron chi connectivity index (χ0n) is 5.89. The van der Waals surface area contributed by atoms with E-state index in [-0.39, 0.29) is 0 Å². The van der Waals surface area contributed by atoms with Gasteiger partial charge in [-0.1, -0.05) is 12.1 Å². The SMILES string of the molecule is CCCO[P+](=N)OCC. The van der Waals surface area contributed by atoms with Crippen LogP contribution in [-0.4, -0.2) is 13.2 Å². The van der Waals surface area contributed by atoms with Crippen molar-refractivity contribution in [2.75, 3.05) is 13.2 Å². The summed E-state index contributed by atoms with van der Waals surface area (Å²) in [5.41, 5.74) is 0. The summed E-state index contributed by atoms with van der Waals surface area (Å²) in [6.07, 6.45) is 0.949.